The van der Waals surface area contributed by atoms with Crippen molar-refractivity contribution in [1.82, 2.24) is 4.90 Å². The lowest BCUT2D eigenvalue weighted by molar-refractivity contribution is 0.0619. The predicted molar refractivity (Wildman–Crippen MR) is 83.6 cm³/mol. The standard InChI is InChI=1S/C17H27NO2/c1-12(2)20-8-7-18(6)11-17(19)16-10-14(4)13(3)9-15(16)5/h9-10,12H,7-8,11H2,1-6H3. The number of benzene rings is 1. The van der Waals surface area contributed by atoms with Gasteiger partial charge < -0.3 is 4.74 Å². The van der Waals surface area contributed by atoms with Gasteiger partial charge in [0.25, 0.3) is 0 Å². The zero-order valence-electron chi connectivity index (χ0n) is 13.6. The van der Waals surface area contributed by atoms with Crippen molar-refractivity contribution in [1.29, 1.82) is 0 Å². The number of hydrogen-bond donors (Lipinski definition) is 0. The number of ketones is 1. The maximum Gasteiger partial charge on any atom is 0.177 e. The van der Waals surface area contributed by atoms with Gasteiger partial charge in [-0.3, -0.25) is 9.69 Å². The van der Waals surface area contributed by atoms with Crippen molar-refractivity contribution in [3.05, 3.63) is 34.4 Å². The van der Waals surface area contributed by atoms with Crippen LogP contribution >= 0.6 is 0 Å². The van der Waals surface area contributed by atoms with E-state index in [0.717, 1.165) is 17.7 Å². The summed E-state index contributed by atoms with van der Waals surface area (Å²) in [6.45, 7) is 12.0. The Kier molecular flexibility index (Phi) is 6.37. The maximum absolute atomic E-state index is 12.4. The van der Waals surface area contributed by atoms with Crippen molar-refractivity contribution >= 4 is 5.78 Å². The molecule has 1 aromatic rings. The highest BCUT2D eigenvalue weighted by atomic mass is 16.5. The molecule has 112 valence electrons. The first-order chi connectivity index (χ1) is 9.31. The van der Waals surface area contributed by atoms with Crippen molar-refractivity contribution in [3.63, 3.8) is 0 Å². The van der Waals surface area contributed by atoms with E-state index in [1.54, 1.807) is 0 Å². The molecular formula is C17H27NO2. The van der Waals surface area contributed by atoms with Gasteiger partial charge in [-0.15, -0.1) is 0 Å². The van der Waals surface area contributed by atoms with Gasteiger partial charge in [0, 0.05) is 12.1 Å². The maximum atomic E-state index is 12.4. The number of aryl methyl sites for hydroxylation is 3. The van der Waals surface area contributed by atoms with Gasteiger partial charge in [0.2, 0.25) is 0 Å². The van der Waals surface area contributed by atoms with Crippen LogP contribution in [0, 0.1) is 20.8 Å². The van der Waals surface area contributed by atoms with Crippen molar-refractivity contribution < 1.29 is 9.53 Å². The molecule has 3 heteroatoms. The minimum Gasteiger partial charge on any atom is -0.377 e. The van der Waals surface area contributed by atoms with Crippen molar-refractivity contribution in [2.75, 3.05) is 26.7 Å². The molecule has 0 aliphatic rings. The molecule has 0 saturated heterocycles. The Morgan fingerprint density at radius 3 is 2.35 bits per heavy atom. The number of likely N-dealkylation sites (N-methyl/N-ethyl adjacent to an activating group) is 1. The summed E-state index contributed by atoms with van der Waals surface area (Å²) >= 11 is 0. The van der Waals surface area contributed by atoms with Crippen LogP contribution in [0.3, 0.4) is 0 Å². The van der Waals surface area contributed by atoms with E-state index in [1.165, 1.54) is 11.1 Å². The number of carbonyl (C=O) groups excluding carboxylic acids is 1. The molecule has 0 spiro atoms. The van der Waals surface area contributed by atoms with Crippen molar-refractivity contribution in [2.45, 2.75) is 40.7 Å². The van der Waals surface area contributed by atoms with Crippen LogP contribution in [0.4, 0.5) is 0 Å². The minimum absolute atomic E-state index is 0.178. The molecule has 20 heavy (non-hydrogen) atoms. The van der Waals surface area contributed by atoms with Crippen LogP contribution < -0.4 is 0 Å². The number of nitrogens with zero attached hydrogens (tertiary/aromatic N) is 1. The SMILES string of the molecule is Cc1cc(C)c(C(=O)CN(C)CCOC(C)C)cc1C. The second-order valence-electron chi connectivity index (χ2n) is 5.83. The van der Waals surface area contributed by atoms with Gasteiger partial charge in [0.15, 0.2) is 5.78 Å². The fourth-order valence-corrected chi connectivity index (χ4v) is 2.11. The summed E-state index contributed by atoms with van der Waals surface area (Å²) in [5, 5.41) is 0. The van der Waals surface area contributed by atoms with E-state index in [1.807, 2.05) is 45.7 Å². The number of ether oxygens (including phenoxy) is 1. The van der Waals surface area contributed by atoms with Crippen LogP contribution in [0.15, 0.2) is 12.1 Å². The van der Waals surface area contributed by atoms with E-state index < -0.39 is 0 Å². The van der Waals surface area contributed by atoms with Crippen LogP contribution in [-0.2, 0) is 4.74 Å². The fourth-order valence-electron chi connectivity index (χ4n) is 2.11. The van der Waals surface area contributed by atoms with Crippen molar-refractivity contribution in [3.8, 4) is 0 Å². The van der Waals surface area contributed by atoms with E-state index in [0.29, 0.717) is 13.2 Å². The molecule has 0 bridgehead atoms. The van der Waals surface area contributed by atoms with Gasteiger partial charge in [-0.25, -0.2) is 0 Å². The van der Waals surface area contributed by atoms with Crippen LogP contribution in [0.1, 0.15) is 40.9 Å². The van der Waals surface area contributed by atoms with Gasteiger partial charge in [-0.1, -0.05) is 6.07 Å². The molecule has 0 atom stereocenters. The molecule has 1 aromatic carbocycles. The molecule has 0 unspecified atom stereocenters. The third-order valence-electron chi connectivity index (χ3n) is 3.48. The molecule has 0 saturated carbocycles. The molecule has 0 heterocycles. The molecule has 0 fully saturated rings. The lowest BCUT2D eigenvalue weighted by atomic mass is 9.98. The first kappa shape index (κ1) is 16.9. The molecule has 0 N–H and O–H groups in total. The number of Topliss-reactive ketones (excluding diaryl/α,β-unsaturated/α-hetero) is 1. The number of hydrogen-bond acceptors (Lipinski definition) is 3. The van der Waals surface area contributed by atoms with E-state index in [4.69, 9.17) is 4.74 Å². The second kappa shape index (κ2) is 7.55. The van der Waals surface area contributed by atoms with Gasteiger partial charge >= 0.3 is 0 Å². The van der Waals surface area contributed by atoms with E-state index >= 15 is 0 Å². The van der Waals surface area contributed by atoms with E-state index in [2.05, 4.69) is 13.0 Å². The van der Waals surface area contributed by atoms with E-state index in [-0.39, 0.29) is 11.9 Å². The number of carbonyl (C=O) groups is 1. The van der Waals surface area contributed by atoms with Crippen molar-refractivity contribution in [2.24, 2.45) is 0 Å². The molecule has 0 aromatic heterocycles. The second-order valence-corrected chi connectivity index (χ2v) is 5.83. The molecule has 0 radical (unpaired) electrons. The third-order valence-corrected chi connectivity index (χ3v) is 3.48. The lowest BCUT2D eigenvalue weighted by Gasteiger charge is -2.18. The summed E-state index contributed by atoms with van der Waals surface area (Å²) in [5.74, 6) is 0.178. The summed E-state index contributed by atoms with van der Waals surface area (Å²) < 4.78 is 5.51. The first-order valence-electron chi connectivity index (χ1n) is 7.22. The molecule has 0 aliphatic heterocycles. The first-order valence-corrected chi connectivity index (χ1v) is 7.22. The Morgan fingerprint density at radius 1 is 1.15 bits per heavy atom. The van der Waals surface area contributed by atoms with Crippen LogP contribution in [-0.4, -0.2) is 43.5 Å². The van der Waals surface area contributed by atoms with Crippen LogP contribution in [0.5, 0.6) is 0 Å². The summed E-state index contributed by atoms with van der Waals surface area (Å²) in [6, 6.07) is 4.09. The number of rotatable bonds is 7. The molecule has 3 nitrogen and oxygen atoms in total. The Labute approximate surface area is 122 Å². The summed E-state index contributed by atoms with van der Waals surface area (Å²) in [5.41, 5.74) is 4.30. The van der Waals surface area contributed by atoms with Gasteiger partial charge in [-0.05, 0) is 64.4 Å². The summed E-state index contributed by atoms with van der Waals surface area (Å²) in [6.07, 6.45) is 0.237. The zero-order valence-corrected chi connectivity index (χ0v) is 13.6. The topological polar surface area (TPSA) is 29.5 Å². The zero-order chi connectivity index (χ0) is 15.3. The van der Waals surface area contributed by atoms with E-state index in [9.17, 15) is 4.79 Å². The highest BCUT2D eigenvalue weighted by Gasteiger charge is 2.13. The molecule has 1 rings (SSSR count). The quantitative estimate of drug-likeness (QED) is 0.717. The van der Waals surface area contributed by atoms with Gasteiger partial charge in [0.1, 0.15) is 0 Å². The Balaban J connectivity index is 2.60. The summed E-state index contributed by atoms with van der Waals surface area (Å²) in [4.78, 5) is 14.4. The highest BCUT2D eigenvalue weighted by molar-refractivity contribution is 5.99. The third kappa shape index (κ3) is 5.06. The predicted octanol–water partition coefficient (Wildman–Crippen LogP) is 3.15. The summed E-state index contributed by atoms with van der Waals surface area (Å²) in [7, 11) is 1.96. The van der Waals surface area contributed by atoms with Gasteiger partial charge in [-0.2, -0.15) is 0 Å². The monoisotopic (exact) mass is 277 g/mol. The largest absolute Gasteiger partial charge is 0.377 e. The smallest absolute Gasteiger partial charge is 0.177 e. The minimum atomic E-state index is 0.178. The van der Waals surface area contributed by atoms with Crippen LogP contribution in [0.25, 0.3) is 0 Å². The van der Waals surface area contributed by atoms with Crippen LogP contribution in [0.2, 0.25) is 0 Å². The lowest BCUT2D eigenvalue weighted by Crippen LogP contribution is -2.30. The molecule has 0 aliphatic carbocycles. The van der Waals surface area contributed by atoms with Gasteiger partial charge in [0.05, 0.1) is 19.3 Å². The normalized spacial score (nSPS) is 11.4. The highest BCUT2D eigenvalue weighted by Crippen LogP contribution is 2.16. The Hall–Kier alpha value is -1.19. The average molecular weight is 277 g/mol. The average Bonchev–Trinajstić information content (AvgIpc) is 2.33. The fraction of sp³-hybridized carbons (Fsp3) is 0.588. The Bertz CT molecular complexity index is 466. The molecular weight excluding hydrogens is 250 g/mol. The molecule has 0 amide bonds. The Morgan fingerprint density at radius 2 is 1.75 bits per heavy atom.